The molecule has 0 fully saturated rings. The topological polar surface area (TPSA) is 47.8 Å². The van der Waals surface area contributed by atoms with Crippen molar-refractivity contribution >= 4 is 33.4 Å². The fourth-order valence-electron chi connectivity index (χ4n) is 2.17. The molecular weight excluding hydrogens is 270 g/mol. The van der Waals surface area contributed by atoms with Crippen LogP contribution in [0.4, 0.5) is 0 Å². The predicted octanol–water partition coefficient (Wildman–Crippen LogP) is 2.15. The molecule has 2 aromatic rings. The highest BCUT2D eigenvalue weighted by Gasteiger charge is 2.16. The molecule has 0 N–H and O–H groups in total. The number of aryl methyl sites for hydroxylation is 1. The van der Waals surface area contributed by atoms with E-state index in [2.05, 4.69) is 21.5 Å². The Kier molecular flexibility index (Phi) is 4.35. The highest BCUT2D eigenvalue weighted by atomic mass is 35.5. The summed E-state index contributed by atoms with van der Waals surface area (Å²) >= 11 is 5.82. The molecule has 0 aliphatic heterocycles. The number of hydrogen-bond acceptors (Lipinski definition) is 3. The second-order valence-corrected chi connectivity index (χ2v) is 6.15. The van der Waals surface area contributed by atoms with Crippen molar-refractivity contribution in [2.75, 3.05) is 17.9 Å². The zero-order chi connectivity index (χ0) is 13.1. The third-order valence-corrected chi connectivity index (χ3v) is 3.94. The van der Waals surface area contributed by atoms with E-state index < -0.39 is 10.8 Å². The smallest absolute Gasteiger partial charge is 0.111 e. The van der Waals surface area contributed by atoms with Crippen molar-refractivity contribution < 1.29 is 4.21 Å². The number of aromatic nitrogens is 3. The summed E-state index contributed by atoms with van der Waals surface area (Å²) in [4.78, 5) is 8.63. The van der Waals surface area contributed by atoms with Gasteiger partial charge >= 0.3 is 0 Å². The molecule has 4 nitrogen and oxygen atoms in total. The minimum Gasteiger partial charge on any atom is -0.324 e. The van der Waals surface area contributed by atoms with E-state index in [0.717, 1.165) is 16.9 Å². The van der Waals surface area contributed by atoms with Crippen molar-refractivity contribution in [3.8, 4) is 0 Å². The molecule has 2 atom stereocenters. The molecule has 2 rings (SSSR count). The van der Waals surface area contributed by atoms with Crippen LogP contribution >= 0.6 is 11.6 Å². The first-order valence-corrected chi connectivity index (χ1v) is 8.06. The number of pyridine rings is 1. The number of rotatable bonds is 5. The fraction of sp³-hybridized carbons (Fsp3) is 0.500. The molecule has 0 aliphatic rings. The zero-order valence-electron chi connectivity index (χ0n) is 10.5. The van der Waals surface area contributed by atoms with Crippen LogP contribution in [-0.4, -0.2) is 36.6 Å². The second kappa shape index (κ2) is 5.80. The molecule has 0 aliphatic carbocycles. The lowest BCUT2D eigenvalue weighted by atomic mass is 10.3. The van der Waals surface area contributed by atoms with Gasteiger partial charge in [0.1, 0.15) is 11.3 Å². The van der Waals surface area contributed by atoms with Crippen LogP contribution in [0.1, 0.15) is 18.8 Å². The quantitative estimate of drug-likeness (QED) is 0.791. The third kappa shape index (κ3) is 2.72. The molecule has 2 heterocycles. The number of fused-ring (bicyclic) bond motifs is 1. The normalized spacial score (nSPS) is 14.8. The van der Waals surface area contributed by atoms with Gasteiger partial charge in [0.15, 0.2) is 0 Å². The largest absolute Gasteiger partial charge is 0.324 e. The Bertz CT molecular complexity index is 569. The second-order valence-electron chi connectivity index (χ2n) is 4.29. The molecule has 0 saturated carbocycles. The Balaban J connectivity index is 2.50. The number of nitrogens with zero attached hydrogens (tertiary/aromatic N) is 3. The van der Waals surface area contributed by atoms with Gasteiger partial charge in [-0.3, -0.25) is 9.19 Å². The molecular formula is C12H16ClN3OS. The van der Waals surface area contributed by atoms with Crippen molar-refractivity contribution in [2.24, 2.45) is 0 Å². The predicted molar refractivity (Wildman–Crippen MR) is 75.6 cm³/mol. The van der Waals surface area contributed by atoms with Crippen molar-refractivity contribution in [1.82, 2.24) is 14.5 Å². The van der Waals surface area contributed by atoms with Gasteiger partial charge in [0.05, 0.1) is 11.7 Å². The Labute approximate surface area is 114 Å². The van der Waals surface area contributed by atoms with Gasteiger partial charge in [-0.25, -0.2) is 4.98 Å². The maximum absolute atomic E-state index is 11.4. The van der Waals surface area contributed by atoms with Crippen molar-refractivity contribution in [3.63, 3.8) is 0 Å². The van der Waals surface area contributed by atoms with Crippen molar-refractivity contribution in [2.45, 2.75) is 19.4 Å². The standard InChI is InChI=1S/C12H16ClN3OS/c1-9(8-18(2)17)16-11-4-6-14-7-10(11)15-12(16)3-5-13/h4,6-7,9H,3,5,8H2,1-2H3. The van der Waals surface area contributed by atoms with E-state index in [1.165, 1.54) is 0 Å². The van der Waals surface area contributed by atoms with E-state index >= 15 is 0 Å². The maximum atomic E-state index is 11.4. The van der Waals surface area contributed by atoms with E-state index in [9.17, 15) is 4.21 Å². The Morgan fingerprint density at radius 3 is 3.00 bits per heavy atom. The molecule has 98 valence electrons. The Morgan fingerprint density at radius 1 is 1.56 bits per heavy atom. The SMILES string of the molecule is CC(CS(C)=O)n1c(CCCl)nc2cnccc21. The van der Waals surface area contributed by atoms with Gasteiger partial charge < -0.3 is 4.57 Å². The van der Waals surface area contributed by atoms with Gasteiger partial charge in [-0.2, -0.15) is 0 Å². The van der Waals surface area contributed by atoms with E-state index in [1.54, 1.807) is 18.6 Å². The van der Waals surface area contributed by atoms with Crippen molar-refractivity contribution in [1.29, 1.82) is 0 Å². The monoisotopic (exact) mass is 285 g/mol. The number of hydrogen-bond donors (Lipinski definition) is 0. The van der Waals surface area contributed by atoms with Crippen LogP contribution in [0.25, 0.3) is 11.0 Å². The molecule has 18 heavy (non-hydrogen) atoms. The van der Waals surface area contributed by atoms with Crippen LogP contribution in [0.3, 0.4) is 0 Å². The van der Waals surface area contributed by atoms with E-state index in [0.29, 0.717) is 18.1 Å². The molecule has 2 unspecified atom stereocenters. The summed E-state index contributed by atoms with van der Waals surface area (Å²) in [5.74, 6) is 2.08. The molecule has 6 heteroatoms. The van der Waals surface area contributed by atoms with Gasteiger partial charge in [-0.05, 0) is 13.0 Å². The maximum Gasteiger partial charge on any atom is 0.111 e. The molecule has 0 spiro atoms. The molecule has 0 amide bonds. The highest BCUT2D eigenvalue weighted by Crippen LogP contribution is 2.21. The third-order valence-electron chi connectivity index (χ3n) is 2.80. The minimum atomic E-state index is -0.833. The Hall–Kier alpha value is -0.940. The first-order valence-electron chi connectivity index (χ1n) is 5.80. The van der Waals surface area contributed by atoms with Crippen LogP contribution in [0.15, 0.2) is 18.5 Å². The summed E-state index contributed by atoms with van der Waals surface area (Å²) in [6, 6.07) is 2.08. The Morgan fingerprint density at radius 2 is 2.33 bits per heavy atom. The summed E-state index contributed by atoms with van der Waals surface area (Å²) in [5, 5.41) is 0. The summed E-state index contributed by atoms with van der Waals surface area (Å²) in [6.45, 7) is 2.06. The lowest BCUT2D eigenvalue weighted by Gasteiger charge is -2.16. The van der Waals surface area contributed by atoms with Gasteiger partial charge in [0.25, 0.3) is 0 Å². The van der Waals surface area contributed by atoms with Crippen LogP contribution < -0.4 is 0 Å². The van der Waals surface area contributed by atoms with Crippen LogP contribution in [0.2, 0.25) is 0 Å². The van der Waals surface area contributed by atoms with Crippen LogP contribution in [0.5, 0.6) is 0 Å². The summed E-state index contributed by atoms with van der Waals surface area (Å²) in [7, 11) is -0.833. The van der Waals surface area contributed by atoms with E-state index in [4.69, 9.17) is 11.6 Å². The molecule has 0 saturated heterocycles. The summed E-state index contributed by atoms with van der Waals surface area (Å²) in [5.41, 5.74) is 1.90. The first kappa shape index (κ1) is 13.5. The average Bonchev–Trinajstić information content (AvgIpc) is 2.66. The van der Waals surface area contributed by atoms with Gasteiger partial charge in [-0.1, -0.05) is 0 Å². The minimum absolute atomic E-state index is 0.140. The van der Waals surface area contributed by atoms with Crippen LogP contribution in [-0.2, 0) is 17.2 Å². The molecule has 0 bridgehead atoms. The van der Waals surface area contributed by atoms with Gasteiger partial charge in [-0.15, -0.1) is 11.6 Å². The highest BCUT2D eigenvalue weighted by molar-refractivity contribution is 7.84. The number of alkyl halides is 1. The average molecular weight is 286 g/mol. The lowest BCUT2D eigenvalue weighted by Crippen LogP contribution is -2.15. The zero-order valence-corrected chi connectivity index (χ0v) is 12.0. The van der Waals surface area contributed by atoms with Crippen LogP contribution in [0, 0.1) is 0 Å². The molecule has 0 aromatic carbocycles. The molecule has 0 radical (unpaired) electrons. The van der Waals surface area contributed by atoms with E-state index in [1.807, 2.05) is 6.07 Å². The molecule has 2 aromatic heterocycles. The van der Waals surface area contributed by atoms with E-state index in [-0.39, 0.29) is 6.04 Å². The number of imidazole rings is 1. The summed E-state index contributed by atoms with van der Waals surface area (Å²) in [6.07, 6.45) is 5.93. The van der Waals surface area contributed by atoms with Crippen molar-refractivity contribution in [3.05, 3.63) is 24.3 Å². The number of halogens is 1. The van der Waals surface area contributed by atoms with Gasteiger partial charge in [0, 0.05) is 47.3 Å². The summed E-state index contributed by atoms with van der Waals surface area (Å²) < 4.78 is 13.5. The first-order chi connectivity index (χ1) is 8.63. The fourth-order valence-corrected chi connectivity index (χ4v) is 3.16. The lowest BCUT2D eigenvalue weighted by molar-refractivity contribution is 0.587. The van der Waals surface area contributed by atoms with Gasteiger partial charge in [0.2, 0.25) is 0 Å².